The number of benzene rings is 5. The van der Waals surface area contributed by atoms with E-state index < -0.39 is 0 Å². The molecule has 1 nitrogen and oxygen atoms in total. The highest BCUT2D eigenvalue weighted by atomic mass is 14.9. The van der Waals surface area contributed by atoms with Gasteiger partial charge in [-0.3, -0.25) is 0 Å². The van der Waals surface area contributed by atoms with Gasteiger partial charge in [-0.2, -0.15) is 0 Å². The molecule has 0 aliphatic carbocycles. The molecule has 1 radical (unpaired) electrons. The van der Waals surface area contributed by atoms with Crippen LogP contribution >= 0.6 is 0 Å². The number of fused-ring (bicyclic) bond motifs is 1. The van der Waals surface area contributed by atoms with Gasteiger partial charge in [0.1, 0.15) is 0 Å². The average Bonchev–Trinajstić information content (AvgIpc) is 2.80. The van der Waals surface area contributed by atoms with E-state index in [0.29, 0.717) is 0 Å². The van der Waals surface area contributed by atoms with E-state index in [0.717, 1.165) is 16.9 Å². The van der Waals surface area contributed by atoms with E-state index in [2.05, 4.69) is 121 Å². The van der Waals surface area contributed by atoms with Crippen molar-refractivity contribution in [2.75, 3.05) is 0 Å². The van der Waals surface area contributed by atoms with Crippen molar-refractivity contribution in [3.8, 4) is 22.3 Å². The van der Waals surface area contributed by atoms with Crippen LogP contribution in [-0.2, 0) is 0 Å². The minimum absolute atomic E-state index is 0.980. The van der Waals surface area contributed by atoms with Crippen LogP contribution in [0.1, 0.15) is 0 Å². The van der Waals surface area contributed by atoms with Crippen molar-refractivity contribution in [3.63, 3.8) is 0 Å². The van der Waals surface area contributed by atoms with Crippen LogP contribution in [0.5, 0.6) is 0 Å². The average molecular weight is 370 g/mol. The summed E-state index contributed by atoms with van der Waals surface area (Å²) >= 11 is 0. The molecular formula is C28H20N. The lowest BCUT2D eigenvalue weighted by Gasteiger charge is -2.16. The van der Waals surface area contributed by atoms with Gasteiger partial charge in [0.05, 0.1) is 11.4 Å². The van der Waals surface area contributed by atoms with Gasteiger partial charge in [-0.25, -0.2) is 5.32 Å². The first-order valence-electron chi connectivity index (χ1n) is 9.83. The maximum atomic E-state index is 5.13. The Morgan fingerprint density at radius 1 is 0.414 bits per heavy atom. The zero-order chi connectivity index (χ0) is 19.5. The molecule has 5 aromatic carbocycles. The monoisotopic (exact) mass is 370 g/mol. The second kappa shape index (κ2) is 7.65. The van der Waals surface area contributed by atoms with Crippen molar-refractivity contribution in [1.82, 2.24) is 5.32 Å². The molecule has 0 aliphatic rings. The molecule has 0 fully saturated rings. The van der Waals surface area contributed by atoms with Crippen LogP contribution in [0, 0.1) is 0 Å². The molecular weight excluding hydrogens is 350 g/mol. The Hall–Kier alpha value is -3.84. The second-order valence-corrected chi connectivity index (χ2v) is 7.04. The van der Waals surface area contributed by atoms with Gasteiger partial charge in [0.15, 0.2) is 0 Å². The van der Waals surface area contributed by atoms with Crippen molar-refractivity contribution < 1.29 is 0 Å². The largest absolute Gasteiger partial charge is 0.248 e. The molecule has 0 N–H and O–H groups in total. The standard InChI is InChI=1S/C28H20N/c1-3-11-22(12-4-1)25-18-10-20-27(28(25)23-14-5-2-6-15-23)29-26-19-9-16-21-13-7-8-17-24(21)26/h1-20H. The highest BCUT2D eigenvalue weighted by Crippen LogP contribution is 2.40. The summed E-state index contributed by atoms with van der Waals surface area (Å²) in [4.78, 5) is 0. The fourth-order valence-corrected chi connectivity index (χ4v) is 3.84. The Labute approximate surface area is 171 Å². The Morgan fingerprint density at radius 3 is 1.79 bits per heavy atom. The van der Waals surface area contributed by atoms with Crippen molar-refractivity contribution in [1.29, 1.82) is 0 Å². The lowest BCUT2D eigenvalue weighted by molar-refractivity contribution is 1.20. The number of hydrogen-bond acceptors (Lipinski definition) is 0. The molecule has 0 heterocycles. The van der Waals surface area contributed by atoms with Crippen molar-refractivity contribution >= 4 is 22.1 Å². The maximum Gasteiger partial charge on any atom is 0.0721 e. The predicted octanol–water partition coefficient (Wildman–Crippen LogP) is 7.74. The Bertz CT molecular complexity index is 1250. The van der Waals surface area contributed by atoms with E-state index >= 15 is 0 Å². The molecule has 0 aliphatic heterocycles. The van der Waals surface area contributed by atoms with Gasteiger partial charge >= 0.3 is 0 Å². The number of nitrogens with zero attached hydrogens (tertiary/aromatic N) is 1. The summed E-state index contributed by atoms with van der Waals surface area (Å²) < 4.78 is 0. The van der Waals surface area contributed by atoms with Crippen molar-refractivity contribution in [3.05, 3.63) is 121 Å². The first-order chi connectivity index (χ1) is 14.4. The molecule has 0 unspecified atom stereocenters. The minimum Gasteiger partial charge on any atom is -0.248 e. The Kier molecular flexibility index (Phi) is 4.56. The van der Waals surface area contributed by atoms with Crippen LogP contribution in [0.4, 0.5) is 11.4 Å². The third-order valence-corrected chi connectivity index (χ3v) is 5.20. The summed E-state index contributed by atoms with van der Waals surface area (Å²) in [5, 5.41) is 7.50. The minimum atomic E-state index is 0.980. The number of rotatable bonds is 4. The molecule has 0 saturated carbocycles. The Balaban J connectivity index is 1.71. The summed E-state index contributed by atoms with van der Waals surface area (Å²) in [5.74, 6) is 0. The lowest BCUT2D eigenvalue weighted by Crippen LogP contribution is -1.95. The molecule has 29 heavy (non-hydrogen) atoms. The second-order valence-electron chi connectivity index (χ2n) is 7.04. The zero-order valence-corrected chi connectivity index (χ0v) is 16.0. The van der Waals surface area contributed by atoms with E-state index in [1.807, 2.05) is 0 Å². The molecule has 1 heteroatoms. The third kappa shape index (κ3) is 3.39. The zero-order valence-electron chi connectivity index (χ0n) is 16.0. The van der Waals surface area contributed by atoms with Gasteiger partial charge in [0.25, 0.3) is 0 Å². The van der Waals surface area contributed by atoms with Crippen LogP contribution in [0.25, 0.3) is 33.0 Å². The van der Waals surface area contributed by atoms with E-state index in [-0.39, 0.29) is 0 Å². The highest BCUT2D eigenvalue weighted by molar-refractivity contribution is 5.96. The van der Waals surface area contributed by atoms with Gasteiger partial charge in [-0.15, -0.1) is 0 Å². The highest BCUT2D eigenvalue weighted by Gasteiger charge is 2.14. The van der Waals surface area contributed by atoms with Crippen LogP contribution in [-0.4, -0.2) is 0 Å². The molecule has 0 aromatic heterocycles. The molecule has 0 bridgehead atoms. The van der Waals surface area contributed by atoms with Crippen LogP contribution in [0.2, 0.25) is 0 Å². The fraction of sp³-hybridized carbons (Fsp3) is 0. The van der Waals surface area contributed by atoms with Crippen LogP contribution in [0.15, 0.2) is 121 Å². The molecule has 0 amide bonds. The molecule has 0 atom stereocenters. The first-order valence-corrected chi connectivity index (χ1v) is 9.83. The van der Waals surface area contributed by atoms with Crippen LogP contribution in [0.3, 0.4) is 0 Å². The van der Waals surface area contributed by atoms with Gasteiger partial charge in [-0.1, -0.05) is 109 Å². The SMILES string of the molecule is c1ccc(-c2cccc([N]c3cccc4ccccc34)c2-c2ccccc2)cc1. The smallest absolute Gasteiger partial charge is 0.0721 e. The van der Waals surface area contributed by atoms with Crippen molar-refractivity contribution in [2.24, 2.45) is 0 Å². The molecule has 5 aromatic rings. The fourth-order valence-electron chi connectivity index (χ4n) is 3.84. The van der Waals surface area contributed by atoms with E-state index in [9.17, 15) is 0 Å². The van der Waals surface area contributed by atoms with Gasteiger partial charge in [-0.05, 0) is 34.2 Å². The summed E-state index contributed by atoms with van der Waals surface area (Å²) in [7, 11) is 0. The summed E-state index contributed by atoms with van der Waals surface area (Å²) in [6.07, 6.45) is 0. The summed E-state index contributed by atoms with van der Waals surface area (Å²) in [5.41, 5.74) is 6.69. The predicted molar refractivity (Wildman–Crippen MR) is 123 cm³/mol. The summed E-state index contributed by atoms with van der Waals surface area (Å²) in [6, 6.07) is 42.1. The maximum absolute atomic E-state index is 5.13. The summed E-state index contributed by atoms with van der Waals surface area (Å²) in [6.45, 7) is 0. The van der Waals surface area contributed by atoms with E-state index in [1.54, 1.807) is 0 Å². The number of hydrogen-bond donors (Lipinski definition) is 0. The van der Waals surface area contributed by atoms with Gasteiger partial charge in [0.2, 0.25) is 0 Å². The quantitative estimate of drug-likeness (QED) is 0.307. The molecule has 137 valence electrons. The van der Waals surface area contributed by atoms with E-state index in [1.165, 1.54) is 27.5 Å². The lowest BCUT2D eigenvalue weighted by atomic mass is 9.93. The van der Waals surface area contributed by atoms with Crippen LogP contribution < -0.4 is 5.32 Å². The topological polar surface area (TPSA) is 14.1 Å². The van der Waals surface area contributed by atoms with Crippen molar-refractivity contribution in [2.45, 2.75) is 0 Å². The molecule has 0 saturated heterocycles. The van der Waals surface area contributed by atoms with Gasteiger partial charge in [0, 0.05) is 10.9 Å². The Morgan fingerprint density at radius 2 is 1.00 bits per heavy atom. The first kappa shape index (κ1) is 17.3. The normalized spacial score (nSPS) is 10.8. The van der Waals surface area contributed by atoms with E-state index in [4.69, 9.17) is 5.32 Å². The third-order valence-electron chi connectivity index (χ3n) is 5.20. The molecule has 5 rings (SSSR count). The van der Waals surface area contributed by atoms with Gasteiger partial charge < -0.3 is 0 Å². The molecule has 0 spiro atoms.